The van der Waals surface area contributed by atoms with Crippen molar-refractivity contribution in [1.29, 1.82) is 0 Å². The average molecular weight is 333 g/mol. The van der Waals surface area contributed by atoms with Crippen molar-refractivity contribution >= 4 is 22.8 Å². The fraction of sp³-hybridized carbons (Fsp3) is 0.588. The number of nitrogens with one attached hydrogen (secondary N) is 1. The van der Waals surface area contributed by atoms with E-state index in [9.17, 15) is 4.79 Å². The molecule has 1 atom stereocenters. The van der Waals surface area contributed by atoms with Gasteiger partial charge in [0.2, 0.25) is 11.8 Å². The Morgan fingerprint density at radius 3 is 2.96 bits per heavy atom. The molecule has 23 heavy (non-hydrogen) atoms. The summed E-state index contributed by atoms with van der Waals surface area (Å²) in [5.74, 6) is 1.16. The third-order valence-corrected chi connectivity index (χ3v) is 5.92. The minimum atomic E-state index is -0.679. The maximum atomic E-state index is 12.5. The number of pyridine rings is 1. The molecule has 0 spiro atoms. The summed E-state index contributed by atoms with van der Waals surface area (Å²) < 4.78 is 4.49. The monoisotopic (exact) mass is 333 g/mol. The molecule has 2 aliphatic rings. The van der Waals surface area contributed by atoms with Crippen molar-refractivity contribution in [1.82, 2.24) is 10.3 Å². The van der Waals surface area contributed by atoms with Gasteiger partial charge in [-0.25, -0.2) is 4.98 Å². The van der Waals surface area contributed by atoms with Crippen LogP contribution in [0.5, 0.6) is 5.88 Å². The van der Waals surface area contributed by atoms with Crippen LogP contribution in [-0.4, -0.2) is 29.7 Å². The van der Waals surface area contributed by atoms with E-state index in [1.165, 1.54) is 43.9 Å². The van der Waals surface area contributed by atoms with E-state index in [0.29, 0.717) is 11.8 Å². The second-order valence-electron chi connectivity index (χ2n) is 6.33. The van der Waals surface area contributed by atoms with Gasteiger partial charge in [0.15, 0.2) is 5.17 Å². The van der Waals surface area contributed by atoms with Gasteiger partial charge < -0.3 is 10.1 Å². The van der Waals surface area contributed by atoms with E-state index in [1.54, 1.807) is 13.3 Å². The zero-order valence-corrected chi connectivity index (χ0v) is 14.5. The van der Waals surface area contributed by atoms with Crippen LogP contribution in [0.25, 0.3) is 0 Å². The number of methoxy groups -OCH3 is 1. The number of carbonyl (C=O) groups excluding carboxylic acids is 1. The SMILES string of the molecule is COc1cc(C2(C)SC(=NCC3CCCCC3)NC2=O)ccn1. The number of hydrogen-bond donors (Lipinski definition) is 1. The zero-order valence-electron chi connectivity index (χ0n) is 13.7. The van der Waals surface area contributed by atoms with Gasteiger partial charge in [-0.3, -0.25) is 9.79 Å². The first-order valence-corrected chi connectivity index (χ1v) is 8.99. The number of carbonyl (C=O) groups is 1. The van der Waals surface area contributed by atoms with Gasteiger partial charge in [0.1, 0.15) is 4.75 Å². The van der Waals surface area contributed by atoms with Crippen LogP contribution in [-0.2, 0) is 9.54 Å². The van der Waals surface area contributed by atoms with E-state index in [2.05, 4.69) is 15.3 Å². The van der Waals surface area contributed by atoms with Gasteiger partial charge in [-0.2, -0.15) is 0 Å². The van der Waals surface area contributed by atoms with Crippen molar-refractivity contribution in [3.63, 3.8) is 0 Å². The number of ether oxygens (including phenoxy) is 1. The Kier molecular flexibility index (Phi) is 4.90. The minimum absolute atomic E-state index is 0.0295. The van der Waals surface area contributed by atoms with Gasteiger partial charge >= 0.3 is 0 Å². The highest BCUT2D eigenvalue weighted by molar-refractivity contribution is 8.15. The molecule has 1 saturated carbocycles. The van der Waals surface area contributed by atoms with Crippen molar-refractivity contribution in [2.45, 2.75) is 43.8 Å². The van der Waals surface area contributed by atoms with Crippen LogP contribution < -0.4 is 10.1 Å². The molecule has 1 N–H and O–H groups in total. The summed E-state index contributed by atoms with van der Waals surface area (Å²) in [6.45, 7) is 2.74. The number of thioether (sulfide) groups is 1. The Bertz CT molecular complexity index is 614. The summed E-state index contributed by atoms with van der Waals surface area (Å²) in [5.41, 5.74) is 0.884. The minimum Gasteiger partial charge on any atom is -0.481 e. The standard InChI is InChI=1S/C17H23N3O2S/c1-17(13-8-9-18-14(10-13)22-2)15(21)20-16(23-17)19-11-12-6-4-3-5-7-12/h8-10,12H,3-7,11H2,1-2H3,(H,19,20,21). The first-order chi connectivity index (χ1) is 11.1. The topological polar surface area (TPSA) is 63.6 Å². The second kappa shape index (κ2) is 6.91. The van der Waals surface area contributed by atoms with Crippen molar-refractivity contribution in [3.05, 3.63) is 23.9 Å². The molecule has 1 aliphatic heterocycles. The predicted octanol–water partition coefficient (Wildman–Crippen LogP) is 3.10. The molecule has 2 fully saturated rings. The lowest BCUT2D eigenvalue weighted by atomic mass is 9.89. The molecule has 1 aromatic heterocycles. The van der Waals surface area contributed by atoms with E-state index >= 15 is 0 Å². The number of nitrogens with zero attached hydrogens (tertiary/aromatic N) is 2. The number of hydrogen-bond acceptors (Lipinski definition) is 5. The first kappa shape index (κ1) is 16.3. The quantitative estimate of drug-likeness (QED) is 0.919. The Morgan fingerprint density at radius 1 is 1.43 bits per heavy atom. The summed E-state index contributed by atoms with van der Waals surface area (Å²) in [6, 6.07) is 3.68. The molecule has 1 saturated heterocycles. The maximum Gasteiger partial charge on any atom is 0.246 e. The molecule has 1 aliphatic carbocycles. The number of aromatic nitrogens is 1. The van der Waals surface area contributed by atoms with E-state index in [0.717, 1.165) is 17.3 Å². The van der Waals surface area contributed by atoms with Crippen molar-refractivity contribution in [2.24, 2.45) is 10.9 Å². The van der Waals surface area contributed by atoms with Crippen LogP contribution in [0.3, 0.4) is 0 Å². The predicted molar refractivity (Wildman–Crippen MR) is 92.8 cm³/mol. The Hall–Kier alpha value is -1.56. The fourth-order valence-corrected chi connectivity index (χ4v) is 4.20. The molecule has 1 unspecified atom stereocenters. The van der Waals surface area contributed by atoms with Gasteiger partial charge in [0.05, 0.1) is 7.11 Å². The highest BCUT2D eigenvalue weighted by Crippen LogP contribution is 2.41. The molecule has 3 rings (SSSR count). The first-order valence-electron chi connectivity index (χ1n) is 8.17. The van der Waals surface area contributed by atoms with Gasteiger partial charge in [-0.1, -0.05) is 31.0 Å². The third-order valence-electron chi connectivity index (χ3n) is 4.67. The lowest BCUT2D eigenvalue weighted by Crippen LogP contribution is -2.31. The Balaban J connectivity index is 1.72. The van der Waals surface area contributed by atoms with Crippen molar-refractivity contribution < 1.29 is 9.53 Å². The normalized spacial score (nSPS) is 27.2. The Labute approximate surface area is 141 Å². The molecular formula is C17H23N3O2S. The van der Waals surface area contributed by atoms with E-state index in [-0.39, 0.29) is 5.91 Å². The molecular weight excluding hydrogens is 310 g/mol. The van der Waals surface area contributed by atoms with Crippen LogP contribution in [0.15, 0.2) is 23.3 Å². The fourth-order valence-electron chi connectivity index (χ4n) is 3.14. The van der Waals surface area contributed by atoms with Gasteiger partial charge in [-0.05, 0) is 37.3 Å². The molecule has 0 bridgehead atoms. The van der Waals surface area contributed by atoms with Crippen molar-refractivity contribution in [3.8, 4) is 5.88 Å². The largest absolute Gasteiger partial charge is 0.481 e. The second-order valence-corrected chi connectivity index (χ2v) is 7.73. The number of aliphatic imine (C=N–C) groups is 1. The summed E-state index contributed by atoms with van der Waals surface area (Å²) in [6.07, 6.45) is 8.15. The maximum absolute atomic E-state index is 12.5. The van der Waals surface area contributed by atoms with Crippen molar-refractivity contribution in [2.75, 3.05) is 13.7 Å². The number of amides is 1. The van der Waals surface area contributed by atoms with Gasteiger partial charge in [0.25, 0.3) is 0 Å². The van der Waals surface area contributed by atoms with Crippen LogP contribution in [0.4, 0.5) is 0 Å². The molecule has 1 aromatic rings. The van der Waals surface area contributed by atoms with Crippen LogP contribution in [0.1, 0.15) is 44.6 Å². The lowest BCUT2D eigenvalue weighted by Gasteiger charge is -2.20. The molecule has 6 heteroatoms. The average Bonchev–Trinajstić information content (AvgIpc) is 2.89. The summed E-state index contributed by atoms with van der Waals surface area (Å²) >= 11 is 1.49. The van der Waals surface area contributed by atoms with Gasteiger partial charge in [0, 0.05) is 18.8 Å². The third kappa shape index (κ3) is 3.52. The van der Waals surface area contributed by atoms with E-state index in [4.69, 9.17) is 4.74 Å². The van der Waals surface area contributed by atoms with Gasteiger partial charge in [-0.15, -0.1) is 0 Å². The smallest absolute Gasteiger partial charge is 0.246 e. The van der Waals surface area contributed by atoms with Crippen LogP contribution in [0.2, 0.25) is 0 Å². The molecule has 2 heterocycles. The molecule has 5 nitrogen and oxygen atoms in total. The highest BCUT2D eigenvalue weighted by Gasteiger charge is 2.44. The van der Waals surface area contributed by atoms with E-state index in [1.807, 2.05) is 19.1 Å². The summed E-state index contributed by atoms with van der Waals surface area (Å²) in [5, 5.41) is 3.67. The Morgan fingerprint density at radius 2 is 2.22 bits per heavy atom. The highest BCUT2D eigenvalue weighted by atomic mass is 32.2. The zero-order chi connectivity index (χ0) is 16.3. The molecule has 0 aromatic carbocycles. The molecule has 0 radical (unpaired) electrons. The van der Waals surface area contributed by atoms with Crippen LogP contribution >= 0.6 is 11.8 Å². The number of amidine groups is 1. The van der Waals surface area contributed by atoms with Crippen LogP contribution in [0, 0.1) is 5.92 Å². The summed E-state index contributed by atoms with van der Waals surface area (Å²) in [4.78, 5) is 21.3. The molecule has 124 valence electrons. The number of rotatable bonds is 4. The molecule has 1 amide bonds. The van der Waals surface area contributed by atoms with E-state index < -0.39 is 4.75 Å². The summed E-state index contributed by atoms with van der Waals surface area (Å²) in [7, 11) is 1.58. The lowest BCUT2D eigenvalue weighted by molar-refractivity contribution is -0.121.